The van der Waals surface area contributed by atoms with Crippen LogP contribution >= 0.6 is 68.0 Å². The van der Waals surface area contributed by atoms with Crippen molar-refractivity contribution in [3.05, 3.63) is 79.5 Å². The highest BCUT2D eigenvalue weighted by molar-refractivity contribution is 7.31. The molecule has 0 N–H and O–H groups in total. The normalized spacial score (nSPS) is 12.9. The van der Waals surface area contributed by atoms with E-state index in [0.29, 0.717) is 0 Å². The Balaban J connectivity index is 1.38. The first kappa shape index (κ1) is 92.4. The van der Waals surface area contributed by atoms with Crippen LogP contribution in [0.1, 0.15) is 274 Å². The van der Waals surface area contributed by atoms with Gasteiger partial charge in [0.1, 0.15) is 0 Å². The Morgan fingerprint density at radius 2 is 0.346 bits per heavy atom. The highest BCUT2D eigenvalue weighted by atomic mass is 32.1. The molecule has 0 aromatic carbocycles. The maximum Gasteiger partial charge on any atom is 0.0481 e. The predicted molar refractivity (Wildman–Crippen MR) is 508 cm³/mol. The van der Waals surface area contributed by atoms with E-state index < -0.39 is 48.4 Å². The van der Waals surface area contributed by atoms with Gasteiger partial charge in [-0.05, 0) is 161 Å². The molecule has 590 valence electrons. The molecule has 0 aliphatic carbocycles. The molecule has 6 heterocycles. The molecule has 0 unspecified atom stereocenters. The summed E-state index contributed by atoms with van der Waals surface area (Å²) in [4.78, 5) is 18.9. The Bertz CT molecular complexity index is 3280. The molecule has 0 nitrogen and oxygen atoms in total. The van der Waals surface area contributed by atoms with Crippen LogP contribution in [0.15, 0.2) is 36.4 Å². The van der Waals surface area contributed by atoms with Crippen molar-refractivity contribution < 1.29 is 0 Å². The lowest BCUT2D eigenvalue weighted by Gasteiger charge is -2.14. The van der Waals surface area contributed by atoms with E-state index in [2.05, 4.69) is 236 Å². The minimum atomic E-state index is -0.989. The maximum atomic E-state index is 2.78. The molecule has 0 aliphatic heterocycles. The van der Waals surface area contributed by atoms with Gasteiger partial charge in [0, 0.05) is 107 Å². The van der Waals surface area contributed by atoms with Crippen LogP contribution in [0.4, 0.5) is 0 Å². The number of unbranched alkanes of at least 4 members (excludes halogenated alkanes) is 30. The summed E-state index contributed by atoms with van der Waals surface area (Å²) in [7, 11) is -5.80. The Morgan fingerprint density at radius 1 is 0.183 bits per heavy atom. The zero-order valence-corrected chi connectivity index (χ0v) is 82.8. The van der Waals surface area contributed by atoms with Gasteiger partial charge in [-0.15, -0.1) is 68.0 Å². The molecule has 12 heteroatoms. The van der Waals surface area contributed by atoms with E-state index >= 15 is 0 Å². The highest BCUT2D eigenvalue weighted by Gasteiger charge is 2.26. The first-order valence-electron chi connectivity index (χ1n) is 43.9. The number of hydrogen-bond donors (Lipinski definition) is 0. The van der Waals surface area contributed by atoms with Gasteiger partial charge in [0.25, 0.3) is 0 Å². The van der Waals surface area contributed by atoms with Gasteiger partial charge in [-0.1, -0.05) is 347 Å². The second kappa shape index (κ2) is 47.2. The zero-order valence-electron chi connectivity index (χ0n) is 71.9. The van der Waals surface area contributed by atoms with Gasteiger partial charge in [0.2, 0.25) is 0 Å². The molecule has 6 aromatic rings. The van der Waals surface area contributed by atoms with Crippen LogP contribution in [-0.4, -0.2) is 48.4 Å². The van der Waals surface area contributed by atoms with E-state index in [1.807, 2.05) is 0 Å². The SMILES string of the molecule is Cc1cc(CCCCCCCC[Si](C)(C)C)c(-c2cc(CCCCCCCC[Si](C)(C)C)c(-c3cc(CCCCCCCC[Si](C)(C)C)c(-c4cc(CCCCCCCC[Si](C)(C)C)c(-c5cc(CCCCCCCC[Si](C)(C)C)c(-c6cc(CCCCCCCC[Si](C)(C)C)c(C)s6)s5)s4)s3)s2)s1. The summed E-state index contributed by atoms with van der Waals surface area (Å²) in [5.74, 6) is 0. The fraction of sp³-hybridized carbons (Fsp3) is 0.739. The maximum absolute atomic E-state index is 2.78. The van der Waals surface area contributed by atoms with Crippen molar-refractivity contribution in [2.45, 2.75) is 438 Å². The van der Waals surface area contributed by atoms with E-state index in [1.165, 1.54) is 311 Å². The standard InChI is InChI=1S/C92H162S6Si6/c1-75-69-78(58-46-34-22-28-40-52-64-100(6,7)8)88(93-75)84-71-80(60-48-36-24-30-42-54-66-102(12,13)14)90(95-84)86-73-82(62-50-38-26-32-44-56-68-104(18,19)20)92(97-86)87-74-81(61-49-37-25-31-43-55-67-103(15,16)17)91(98-87)85-72-79(59-47-35-23-29-41-53-65-101(9,10)11)89(96-85)83-70-77(76(2)94-83)57-45-33-21-27-39-51-63-99(3,4)5/h69-74H,21-68H2,1-20H3. The lowest BCUT2D eigenvalue weighted by atomic mass is 10.0. The van der Waals surface area contributed by atoms with Crippen molar-refractivity contribution in [1.29, 1.82) is 0 Å². The molecule has 104 heavy (non-hydrogen) atoms. The lowest BCUT2D eigenvalue weighted by molar-refractivity contribution is 0.605. The smallest absolute Gasteiger partial charge is 0.0481 e. The summed E-state index contributed by atoms with van der Waals surface area (Å²) in [5.41, 5.74) is 9.82. The molecule has 0 saturated carbocycles. The van der Waals surface area contributed by atoms with E-state index in [-0.39, 0.29) is 0 Å². The first-order valence-corrected chi connectivity index (χ1v) is 71.0. The van der Waals surface area contributed by atoms with E-state index in [0.717, 1.165) is 0 Å². The minimum Gasteiger partial charge on any atom is -0.139 e. The zero-order chi connectivity index (χ0) is 75.8. The van der Waals surface area contributed by atoms with Gasteiger partial charge < -0.3 is 0 Å². The van der Waals surface area contributed by atoms with Gasteiger partial charge >= 0.3 is 0 Å². The minimum absolute atomic E-state index is 0.933. The second-order valence-electron chi connectivity index (χ2n) is 40.4. The third-order valence-electron chi connectivity index (χ3n) is 22.0. The topological polar surface area (TPSA) is 0 Å². The van der Waals surface area contributed by atoms with Crippen LogP contribution in [0.5, 0.6) is 0 Å². The van der Waals surface area contributed by atoms with Crippen LogP contribution in [0.3, 0.4) is 0 Å². The van der Waals surface area contributed by atoms with Crippen molar-refractivity contribution in [2.75, 3.05) is 0 Å². The lowest BCUT2D eigenvalue weighted by Crippen LogP contribution is -2.18. The molecular weight excluding hydrogens is 1470 g/mol. The fourth-order valence-corrected chi connectivity index (χ4v) is 31.2. The first-order chi connectivity index (χ1) is 49.2. The fourth-order valence-electron chi connectivity index (χ4n) is 15.6. The van der Waals surface area contributed by atoms with E-state index in [4.69, 9.17) is 0 Å². The van der Waals surface area contributed by atoms with Crippen molar-refractivity contribution in [3.8, 4) is 48.8 Å². The average molecular weight is 1630 g/mol. The molecule has 0 saturated heterocycles. The van der Waals surface area contributed by atoms with E-state index in [9.17, 15) is 0 Å². The molecule has 0 spiro atoms. The van der Waals surface area contributed by atoms with Crippen molar-refractivity contribution in [3.63, 3.8) is 0 Å². The number of rotatable bonds is 59. The third kappa shape index (κ3) is 38.4. The molecular formula is C92H162S6Si6. The summed E-state index contributed by atoms with van der Waals surface area (Å²) in [6.07, 6.45) is 57.3. The predicted octanol–water partition coefficient (Wildman–Crippen LogP) is 36.3. The Kier molecular flexibility index (Phi) is 42.0. The molecule has 0 bridgehead atoms. The second-order valence-corrected chi connectivity index (χ2v) is 80.8. The van der Waals surface area contributed by atoms with Crippen LogP contribution < -0.4 is 0 Å². The Hall–Kier alpha value is -0.499. The van der Waals surface area contributed by atoms with Crippen molar-refractivity contribution >= 4 is 116 Å². The van der Waals surface area contributed by atoms with Gasteiger partial charge in [0.05, 0.1) is 0 Å². The molecule has 6 rings (SSSR count). The van der Waals surface area contributed by atoms with Gasteiger partial charge in [0.15, 0.2) is 0 Å². The third-order valence-corrected chi connectivity index (χ3v) is 41.0. The Morgan fingerprint density at radius 3 is 0.567 bits per heavy atom. The van der Waals surface area contributed by atoms with Gasteiger partial charge in [-0.25, -0.2) is 0 Å². The largest absolute Gasteiger partial charge is 0.139 e. The summed E-state index contributed by atoms with van der Waals surface area (Å²) in [5, 5.41) is 0. The summed E-state index contributed by atoms with van der Waals surface area (Å²) >= 11 is 13.0. The molecule has 0 fully saturated rings. The van der Waals surface area contributed by atoms with Crippen LogP contribution in [0.25, 0.3) is 48.8 Å². The molecule has 0 amide bonds. The Labute approximate surface area is 676 Å². The van der Waals surface area contributed by atoms with Gasteiger partial charge in [-0.3, -0.25) is 0 Å². The average Bonchev–Trinajstić information content (AvgIpc) is 1.62. The van der Waals surface area contributed by atoms with Crippen LogP contribution in [0.2, 0.25) is 154 Å². The number of thiophene rings is 6. The molecule has 0 atom stereocenters. The quantitative estimate of drug-likeness (QED) is 0.0264. The van der Waals surface area contributed by atoms with Crippen molar-refractivity contribution in [2.24, 2.45) is 0 Å². The van der Waals surface area contributed by atoms with Gasteiger partial charge in [-0.2, -0.15) is 0 Å². The number of hydrogen-bond acceptors (Lipinski definition) is 6. The molecule has 0 radical (unpaired) electrons. The van der Waals surface area contributed by atoms with E-state index in [1.54, 1.807) is 87.0 Å². The summed E-state index contributed by atoms with van der Waals surface area (Å²) in [6, 6.07) is 25.2. The van der Waals surface area contributed by atoms with Crippen LogP contribution in [0, 0.1) is 13.8 Å². The molecule has 0 aliphatic rings. The number of aryl methyl sites for hydroxylation is 8. The van der Waals surface area contributed by atoms with Crippen LogP contribution in [-0.2, 0) is 38.5 Å². The summed E-state index contributed by atoms with van der Waals surface area (Å²) < 4.78 is 0. The molecule has 6 aromatic heterocycles. The highest BCUT2D eigenvalue weighted by Crippen LogP contribution is 2.52. The summed E-state index contributed by atoms with van der Waals surface area (Å²) in [6.45, 7) is 50.8. The van der Waals surface area contributed by atoms with Crippen molar-refractivity contribution in [1.82, 2.24) is 0 Å². The monoisotopic (exact) mass is 1630 g/mol.